The lowest BCUT2D eigenvalue weighted by Gasteiger charge is -1.85. The summed E-state index contributed by atoms with van der Waals surface area (Å²) in [4.78, 5) is 0. The average molecular weight is 118 g/mol. The predicted octanol–water partition coefficient (Wildman–Crippen LogP) is 2.60. The molecular weight excluding hydrogens is 108 g/mol. The van der Waals surface area contributed by atoms with Crippen molar-refractivity contribution in [3.8, 4) is 0 Å². The van der Waals surface area contributed by atoms with E-state index in [4.69, 9.17) is 0 Å². The Balaban J connectivity index is 2.46. The highest BCUT2D eigenvalue weighted by Gasteiger charge is 1.87. The Bertz CT molecular complexity index is 198. The molecule has 0 heteroatoms. The number of rotatable bonds is 2. The molecule has 46 valence electrons. The summed E-state index contributed by atoms with van der Waals surface area (Å²) in [7, 11) is 0. The number of hydrogen-bond acceptors (Lipinski definition) is 0. The van der Waals surface area contributed by atoms with Crippen molar-refractivity contribution in [3.63, 3.8) is 0 Å². The van der Waals surface area contributed by atoms with Crippen molar-refractivity contribution in [2.45, 2.75) is 13.3 Å². The van der Waals surface area contributed by atoms with Gasteiger partial charge in [-0.1, -0.05) is 24.3 Å². The maximum atomic E-state index is 3.12. The fourth-order valence-corrected chi connectivity index (χ4v) is 0.739. The minimum Gasteiger partial charge on any atom is -0.117 e. The molecule has 9 heavy (non-hydrogen) atoms. The summed E-state index contributed by atoms with van der Waals surface area (Å²) in [5.41, 5.74) is 4.39. The van der Waals surface area contributed by atoms with Crippen LogP contribution >= 0.6 is 0 Å². The van der Waals surface area contributed by atoms with Gasteiger partial charge in [-0.05, 0) is 25.0 Å². The SMILES string of the molecule is C/C=C/CC1=C=CC=C1. The van der Waals surface area contributed by atoms with Gasteiger partial charge < -0.3 is 0 Å². The van der Waals surface area contributed by atoms with E-state index in [9.17, 15) is 0 Å². The van der Waals surface area contributed by atoms with Gasteiger partial charge in [0.1, 0.15) is 0 Å². The van der Waals surface area contributed by atoms with E-state index in [1.54, 1.807) is 0 Å². The Hall–Kier alpha value is -1.00. The van der Waals surface area contributed by atoms with Crippen molar-refractivity contribution < 1.29 is 0 Å². The molecule has 0 fully saturated rings. The Morgan fingerprint density at radius 1 is 1.67 bits per heavy atom. The summed E-state index contributed by atoms with van der Waals surface area (Å²) >= 11 is 0. The molecule has 0 aromatic heterocycles. The van der Waals surface area contributed by atoms with Gasteiger partial charge in [0.15, 0.2) is 0 Å². The third-order valence-corrected chi connectivity index (χ3v) is 1.24. The van der Waals surface area contributed by atoms with Gasteiger partial charge in [0.25, 0.3) is 0 Å². The molecule has 0 atom stereocenters. The molecule has 0 radical (unpaired) electrons. The van der Waals surface area contributed by atoms with Crippen LogP contribution in [-0.2, 0) is 0 Å². The van der Waals surface area contributed by atoms with E-state index in [-0.39, 0.29) is 0 Å². The standard InChI is InChI=1S/C9H10/c1-2-3-6-9-7-4-5-8-9/h2-5,7H,6H2,1H3/b3-2+. The molecule has 0 nitrogen and oxygen atoms in total. The lowest BCUT2D eigenvalue weighted by molar-refractivity contribution is 1.29. The van der Waals surface area contributed by atoms with Gasteiger partial charge in [0.05, 0.1) is 0 Å². The molecular formula is C9H10. The van der Waals surface area contributed by atoms with Crippen molar-refractivity contribution in [3.05, 3.63) is 41.7 Å². The van der Waals surface area contributed by atoms with E-state index in [0.717, 1.165) is 6.42 Å². The van der Waals surface area contributed by atoms with E-state index >= 15 is 0 Å². The van der Waals surface area contributed by atoms with Crippen LogP contribution in [-0.4, -0.2) is 0 Å². The lowest BCUT2D eigenvalue weighted by atomic mass is 10.2. The van der Waals surface area contributed by atoms with Crippen molar-refractivity contribution in [2.24, 2.45) is 0 Å². The summed E-state index contributed by atoms with van der Waals surface area (Å²) in [6.07, 6.45) is 11.2. The van der Waals surface area contributed by atoms with Gasteiger partial charge in [-0.25, -0.2) is 0 Å². The van der Waals surface area contributed by atoms with E-state index in [2.05, 4.69) is 24.0 Å². The highest BCUT2D eigenvalue weighted by molar-refractivity contribution is 5.30. The molecule has 1 aliphatic rings. The van der Waals surface area contributed by atoms with E-state index in [0.29, 0.717) is 0 Å². The van der Waals surface area contributed by atoms with Crippen LogP contribution in [0.15, 0.2) is 41.7 Å². The summed E-state index contributed by atoms with van der Waals surface area (Å²) in [5, 5.41) is 0. The second-order valence-corrected chi connectivity index (χ2v) is 1.97. The summed E-state index contributed by atoms with van der Waals surface area (Å²) in [6, 6.07) is 0. The third kappa shape index (κ3) is 1.75. The summed E-state index contributed by atoms with van der Waals surface area (Å²) in [6.45, 7) is 2.03. The third-order valence-electron chi connectivity index (χ3n) is 1.24. The maximum absolute atomic E-state index is 3.12. The largest absolute Gasteiger partial charge is 0.117 e. The highest BCUT2D eigenvalue weighted by Crippen LogP contribution is 2.06. The van der Waals surface area contributed by atoms with E-state index in [1.807, 2.05) is 19.1 Å². The van der Waals surface area contributed by atoms with Gasteiger partial charge in [-0.3, -0.25) is 0 Å². The Kier molecular flexibility index (Phi) is 2.12. The monoisotopic (exact) mass is 118 g/mol. The molecule has 1 rings (SSSR count). The Morgan fingerprint density at radius 3 is 3.11 bits per heavy atom. The Morgan fingerprint density at radius 2 is 2.56 bits per heavy atom. The fraction of sp³-hybridized carbons (Fsp3) is 0.222. The molecule has 0 saturated carbocycles. The van der Waals surface area contributed by atoms with Crippen molar-refractivity contribution in [1.82, 2.24) is 0 Å². The second-order valence-electron chi connectivity index (χ2n) is 1.97. The van der Waals surface area contributed by atoms with Gasteiger partial charge in [-0.15, -0.1) is 5.73 Å². The zero-order valence-electron chi connectivity index (χ0n) is 5.59. The van der Waals surface area contributed by atoms with Crippen LogP contribution in [0.3, 0.4) is 0 Å². The summed E-state index contributed by atoms with van der Waals surface area (Å²) in [5.74, 6) is 0. The van der Waals surface area contributed by atoms with Crippen LogP contribution in [0.1, 0.15) is 13.3 Å². The first-order valence-corrected chi connectivity index (χ1v) is 3.17. The first-order valence-electron chi connectivity index (χ1n) is 3.17. The first kappa shape index (κ1) is 6.12. The van der Waals surface area contributed by atoms with Crippen LogP contribution in [0, 0.1) is 0 Å². The first-order chi connectivity index (χ1) is 4.43. The smallest absolute Gasteiger partial charge is 0.00225 e. The molecule has 0 heterocycles. The molecule has 0 bridgehead atoms. The van der Waals surface area contributed by atoms with Crippen LogP contribution in [0.2, 0.25) is 0 Å². The average Bonchev–Trinajstić information content (AvgIpc) is 2.34. The zero-order valence-corrected chi connectivity index (χ0v) is 5.59. The van der Waals surface area contributed by atoms with Crippen LogP contribution in [0.25, 0.3) is 0 Å². The van der Waals surface area contributed by atoms with Crippen LogP contribution in [0.4, 0.5) is 0 Å². The van der Waals surface area contributed by atoms with Gasteiger partial charge >= 0.3 is 0 Å². The van der Waals surface area contributed by atoms with Gasteiger partial charge in [-0.2, -0.15) is 0 Å². The molecule has 0 aromatic carbocycles. The highest BCUT2D eigenvalue weighted by atomic mass is 13.9. The number of hydrogen-bond donors (Lipinski definition) is 0. The molecule has 0 unspecified atom stereocenters. The quantitative estimate of drug-likeness (QED) is 0.386. The van der Waals surface area contributed by atoms with E-state index < -0.39 is 0 Å². The second kappa shape index (κ2) is 3.11. The molecule has 0 aromatic rings. The normalized spacial score (nSPS) is 15.4. The topological polar surface area (TPSA) is 0 Å². The molecule has 0 saturated heterocycles. The van der Waals surface area contributed by atoms with Crippen molar-refractivity contribution >= 4 is 0 Å². The van der Waals surface area contributed by atoms with Crippen molar-refractivity contribution in [1.29, 1.82) is 0 Å². The zero-order chi connectivity index (χ0) is 6.53. The molecule has 0 spiro atoms. The molecule has 0 aliphatic heterocycles. The minimum atomic E-state index is 1.02. The summed E-state index contributed by atoms with van der Waals surface area (Å²) < 4.78 is 0. The number of allylic oxidation sites excluding steroid dienone is 5. The van der Waals surface area contributed by atoms with Gasteiger partial charge in [0.2, 0.25) is 0 Å². The Labute approximate surface area is 55.9 Å². The van der Waals surface area contributed by atoms with Crippen molar-refractivity contribution in [2.75, 3.05) is 0 Å². The predicted molar refractivity (Wildman–Crippen MR) is 40.2 cm³/mol. The van der Waals surface area contributed by atoms with Crippen LogP contribution < -0.4 is 0 Å². The fourth-order valence-electron chi connectivity index (χ4n) is 0.739. The maximum Gasteiger partial charge on any atom is -0.00225 e. The lowest BCUT2D eigenvalue weighted by Crippen LogP contribution is -1.67. The minimum absolute atomic E-state index is 1.02. The van der Waals surface area contributed by atoms with E-state index in [1.165, 1.54) is 5.57 Å². The molecule has 0 N–H and O–H groups in total. The van der Waals surface area contributed by atoms with Crippen LogP contribution in [0.5, 0.6) is 0 Å². The molecule has 0 amide bonds. The van der Waals surface area contributed by atoms with Gasteiger partial charge in [0, 0.05) is 0 Å². The molecule has 1 aliphatic carbocycles.